The second-order valence-corrected chi connectivity index (χ2v) is 6.35. The van der Waals surface area contributed by atoms with Crippen molar-refractivity contribution in [1.82, 2.24) is 17.8 Å². The van der Waals surface area contributed by atoms with Crippen LogP contribution < -0.4 is 0 Å². The van der Waals surface area contributed by atoms with E-state index < -0.39 is 0 Å². The van der Waals surface area contributed by atoms with E-state index in [1.807, 2.05) is 45.9 Å². The van der Waals surface area contributed by atoms with E-state index >= 15 is 0 Å². The van der Waals surface area contributed by atoms with Crippen molar-refractivity contribution in [2.45, 2.75) is 0 Å². The molecule has 0 amide bonds. The van der Waals surface area contributed by atoms with Crippen LogP contribution in [-0.4, -0.2) is 36.6 Å². The van der Waals surface area contributed by atoms with Gasteiger partial charge in [-0.3, -0.25) is 0 Å². The van der Waals surface area contributed by atoms with Gasteiger partial charge in [0.05, 0.1) is 0 Å². The summed E-state index contributed by atoms with van der Waals surface area (Å²) in [7, 11) is 0. The first-order chi connectivity index (χ1) is 11.3. The third kappa shape index (κ3) is 2.65. The van der Waals surface area contributed by atoms with Gasteiger partial charge in [0.1, 0.15) is 0 Å². The first-order valence-corrected chi connectivity index (χ1v) is 8.40. The SMILES string of the molecule is [Ga][n]1ccnc1-c1cn(-c2ccccc2)c(-c2ccccc2)n1. The summed E-state index contributed by atoms with van der Waals surface area (Å²) in [5.74, 6) is 1.80. The van der Waals surface area contributed by atoms with Crippen LogP contribution in [0.25, 0.3) is 28.6 Å². The van der Waals surface area contributed by atoms with E-state index in [1.54, 1.807) is 6.20 Å². The number of aromatic nitrogens is 4. The van der Waals surface area contributed by atoms with Gasteiger partial charge in [0.2, 0.25) is 0 Å². The Morgan fingerprint density at radius 1 is 0.826 bits per heavy atom. The topological polar surface area (TPSA) is 35.6 Å². The predicted molar refractivity (Wildman–Crippen MR) is 91.4 cm³/mol. The van der Waals surface area contributed by atoms with Gasteiger partial charge in [-0.2, -0.15) is 0 Å². The van der Waals surface area contributed by atoms with E-state index in [-0.39, 0.29) is 0 Å². The van der Waals surface area contributed by atoms with Crippen molar-refractivity contribution in [2.24, 2.45) is 0 Å². The summed E-state index contributed by atoms with van der Waals surface area (Å²) in [6, 6.07) is 20.5. The molecule has 0 atom stereocenters. The van der Waals surface area contributed by atoms with E-state index in [0.717, 1.165) is 28.6 Å². The predicted octanol–water partition coefficient (Wildman–Crippen LogP) is 3.33. The molecule has 0 unspecified atom stereocenters. The van der Waals surface area contributed by atoms with E-state index in [0.29, 0.717) is 0 Å². The molecular weight excluding hydrogens is 342 g/mol. The molecule has 2 aromatic carbocycles. The third-order valence-corrected chi connectivity index (χ3v) is 4.54. The average Bonchev–Trinajstić information content (AvgIpc) is 3.22. The summed E-state index contributed by atoms with van der Waals surface area (Å²) in [4.78, 5) is 9.28. The molecule has 23 heavy (non-hydrogen) atoms. The summed E-state index contributed by atoms with van der Waals surface area (Å²) < 4.78 is 4.16. The third-order valence-electron chi connectivity index (χ3n) is 3.67. The molecule has 5 heteroatoms. The fourth-order valence-electron chi connectivity index (χ4n) is 2.58. The van der Waals surface area contributed by atoms with Crippen LogP contribution in [0.2, 0.25) is 0 Å². The zero-order valence-electron chi connectivity index (χ0n) is 12.4. The zero-order valence-corrected chi connectivity index (χ0v) is 14.8. The van der Waals surface area contributed by atoms with E-state index in [2.05, 4.69) is 40.0 Å². The molecule has 108 valence electrons. The van der Waals surface area contributed by atoms with Gasteiger partial charge in [-0.15, -0.1) is 0 Å². The number of benzene rings is 2. The quantitative estimate of drug-likeness (QED) is 0.529. The molecule has 0 bridgehead atoms. The number of para-hydroxylation sites is 1. The number of hydrogen-bond acceptors (Lipinski definition) is 2. The minimum absolute atomic E-state index is 0.877. The van der Waals surface area contributed by atoms with Crippen molar-refractivity contribution >= 4 is 18.8 Å². The first kappa shape index (κ1) is 14.1. The van der Waals surface area contributed by atoms with Crippen LogP contribution in [0.3, 0.4) is 0 Å². The number of imidazole rings is 2. The van der Waals surface area contributed by atoms with Gasteiger partial charge in [0, 0.05) is 0 Å². The second kappa shape index (κ2) is 5.94. The fraction of sp³-hybridized carbons (Fsp3) is 0. The molecule has 0 fully saturated rings. The van der Waals surface area contributed by atoms with Gasteiger partial charge in [0.25, 0.3) is 0 Å². The Kier molecular flexibility index (Phi) is 3.65. The Labute approximate surface area is 144 Å². The van der Waals surface area contributed by atoms with Crippen LogP contribution in [0.5, 0.6) is 0 Å². The summed E-state index contributed by atoms with van der Waals surface area (Å²) in [6.45, 7) is 0. The van der Waals surface area contributed by atoms with Crippen LogP contribution in [0, 0.1) is 0 Å². The molecule has 4 rings (SSSR count). The maximum absolute atomic E-state index is 4.85. The van der Waals surface area contributed by atoms with Gasteiger partial charge in [-0.25, -0.2) is 0 Å². The Morgan fingerprint density at radius 2 is 1.52 bits per heavy atom. The van der Waals surface area contributed by atoms with E-state index in [9.17, 15) is 0 Å². The maximum atomic E-state index is 4.85. The van der Waals surface area contributed by atoms with Gasteiger partial charge >= 0.3 is 144 Å². The number of rotatable bonds is 3. The molecule has 0 spiro atoms. The molecular formula is C18H13GaN4. The van der Waals surface area contributed by atoms with Crippen LogP contribution in [0.1, 0.15) is 0 Å². The van der Waals surface area contributed by atoms with Gasteiger partial charge in [-0.1, -0.05) is 0 Å². The van der Waals surface area contributed by atoms with E-state index in [4.69, 9.17) is 4.98 Å². The molecule has 0 saturated heterocycles. The summed E-state index contributed by atoms with van der Waals surface area (Å²) in [6.07, 6.45) is 5.82. The average molecular weight is 355 g/mol. The summed E-state index contributed by atoms with van der Waals surface area (Å²) >= 11 is 1.49. The molecule has 0 saturated carbocycles. The summed E-state index contributed by atoms with van der Waals surface area (Å²) in [5, 5.41) is 0. The molecule has 0 aliphatic heterocycles. The molecule has 0 N–H and O–H groups in total. The van der Waals surface area contributed by atoms with Crippen molar-refractivity contribution in [2.75, 3.05) is 0 Å². The Hall–Kier alpha value is -2.50. The molecule has 4 nitrogen and oxygen atoms in total. The molecule has 2 radical (unpaired) electrons. The standard InChI is InChI=1S/C18H13N4.Ga/c1-3-7-14(8-4-1)18-21-16(17-19-11-12-20-17)13-22(18)15-9-5-2-6-10-15;/h1-13H;/q-1;+1. The van der Waals surface area contributed by atoms with Crippen molar-refractivity contribution < 1.29 is 0 Å². The zero-order chi connectivity index (χ0) is 15.6. The van der Waals surface area contributed by atoms with Crippen molar-refractivity contribution in [1.29, 1.82) is 0 Å². The normalized spacial score (nSPS) is 10.8. The molecule has 0 aliphatic carbocycles. The first-order valence-electron chi connectivity index (χ1n) is 7.32. The molecule has 0 aliphatic rings. The molecule has 2 aromatic heterocycles. The monoisotopic (exact) mass is 354 g/mol. The van der Waals surface area contributed by atoms with E-state index in [1.165, 1.54) is 18.8 Å². The molecule has 2 heterocycles. The Balaban J connectivity index is 1.93. The van der Waals surface area contributed by atoms with Gasteiger partial charge < -0.3 is 0 Å². The molecule has 4 aromatic rings. The van der Waals surface area contributed by atoms with Crippen LogP contribution in [0.15, 0.2) is 79.3 Å². The fourth-order valence-corrected chi connectivity index (χ4v) is 3.15. The number of hydrogen-bond donors (Lipinski definition) is 0. The van der Waals surface area contributed by atoms with Crippen LogP contribution >= 0.6 is 0 Å². The Bertz CT molecular complexity index is 869. The van der Waals surface area contributed by atoms with Gasteiger partial charge in [-0.05, 0) is 0 Å². The Morgan fingerprint density at radius 3 is 2.17 bits per heavy atom. The minimum atomic E-state index is 0.877. The van der Waals surface area contributed by atoms with Crippen LogP contribution in [-0.2, 0) is 0 Å². The van der Waals surface area contributed by atoms with Crippen molar-refractivity contribution in [3.05, 3.63) is 79.3 Å². The number of nitrogens with zero attached hydrogens (tertiary/aromatic N) is 4. The van der Waals surface area contributed by atoms with Gasteiger partial charge in [0.15, 0.2) is 0 Å². The van der Waals surface area contributed by atoms with Crippen LogP contribution in [0.4, 0.5) is 0 Å². The van der Waals surface area contributed by atoms with Crippen molar-refractivity contribution in [3.63, 3.8) is 0 Å². The second-order valence-electron chi connectivity index (χ2n) is 5.18. The summed E-state index contributed by atoms with van der Waals surface area (Å²) in [5.41, 5.74) is 3.05. The van der Waals surface area contributed by atoms with Crippen molar-refractivity contribution in [3.8, 4) is 28.6 Å².